The smallest absolute Gasteiger partial charge is 0.251 e. The van der Waals surface area contributed by atoms with E-state index in [9.17, 15) is 4.79 Å². The fourth-order valence-corrected chi connectivity index (χ4v) is 2.77. The molecule has 2 heteroatoms. The lowest BCUT2D eigenvalue weighted by Gasteiger charge is -2.20. The first-order valence-electron chi connectivity index (χ1n) is 8.71. The molecule has 2 nitrogen and oxygen atoms in total. The van der Waals surface area contributed by atoms with E-state index in [1.165, 1.54) is 22.3 Å². The average molecular weight is 323 g/mol. The topological polar surface area (TPSA) is 29.1 Å². The maximum atomic E-state index is 12.6. The molecule has 0 saturated heterocycles. The van der Waals surface area contributed by atoms with E-state index in [2.05, 4.69) is 65.1 Å². The molecule has 24 heavy (non-hydrogen) atoms. The Bertz CT molecular complexity index is 708. The van der Waals surface area contributed by atoms with E-state index in [0.717, 1.165) is 6.42 Å². The van der Waals surface area contributed by atoms with Crippen LogP contribution in [0.3, 0.4) is 0 Å². The summed E-state index contributed by atoms with van der Waals surface area (Å²) in [6.07, 6.45) is 0.869. The van der Waals surface area contributed by atoms with Gasteiger partial charge in [0.1, 0.15) is 0 Å². The van der Waals surface area contributed by atoms with Gasteiger partial charge in [-0.15, -0.1) is 0 Å². The SMILES string of the molecule is CC[C@H](NC(=O)c1ccc(C(C)(C)C)cc1)c1ccc(C)c(C)c1. The number of carbonyl (C=O) groups is 1. The third kappa shape index (κ3) is 4.25. The van der Waals surface area contributed by atoms with E-state index in [1.807, 2.05) is 24.3 Å². The Balaban J connectivity index is 2.15. The fourth-order valence-electron chi connectivity index (χ4n) is 2.77. The zero-order valence-electron chi connectivity index (χ0n) is 15.7. The maximum absolute atomic E-state index is 12.6. The summed E-state index contributed by atoms with van der Waals surface area (Å²) in [5, 5.41) is 3.17. The van der Waals surface area contributed by atoms with Crippen molar-refractivity contribution in [1.82, 2.24) is 5.32 Å². The first-order valence-corrected chi connectivity index (χ1v) is 8.71. The van der Waals surface area contributed by atoms with Crippen molar-refractivity contribution in [2.75, 3.05) is 0 Å². The highest BCUT2D eigenvalue weighted by Gasteiger charge is 2.17. The minimum Gasteiger partial charge on any atom is -0.345 e. The Hall–Kier alpha value is -2.09. The minimum absolute atomic E-state index is 0.0134. The summed E-state index contributed by atoms with van der Waals surface area (Å²) in [4.78, 5) is 12.6. The average Bonchev–Trinajstić information content (AvgIpc) is 2.54. The van der Waals surface area contributed by atoms with Crippen molar-refractivity contribution in [2.24, 2.45) is 0 Å². The molecule has 0 fully saturated rings. The van der Waals surface area contributed by atoms with Crippen LogP contribution in [0.2, 0.25) is 0 Å². The van der Waals surface area contributed by atoms with Gasteiger partial charge in [-0.3, -0.25) is 4.79 Å². The predicted molar refractivity (Wildman–Crippen MR) is 102 cm³/mol. The van der Waals surface area contributed by atoms with E-state index in [1.54, 1.807) is 0 Å². The zero-order chi connectivity index (χ0) is 17.9. The van der Waals surface area contributed by atoms with E-state index in [-0.39, 0.29) is 17.4 Å². The van der Waals surface area contributed by atoms with Gasteiger partial charge in [0, 0.05) is 5.56 Å². The van der Waals surface area contributed by atoms with E-state index in [0.29, 0.717) is 5.56 Å². The molecule has 1 amide bonds. The molecule has 0 radical (unpaired) electrons. The van der Waals surface area contributed by atoms with Gasteiger partial charge < -0.3 is 5.32 Å². The van der Waals surface area contributed by atoms with Crippen molar-refractivity contribution in [3.8, 4) is 0 Å². The van der Waals surface area contributed by atoms with E-state index < -0.39 is 0 Å². The molecule has 0 saturated carbocycles. The molecule has 0 heterocycles. The lowest BCUT2D eigenvalue weighted by atomic mass is 9.86. The molecule has 2 aromatic carbocycles. The van der Waals surface area contributed by atoms with Gasteiger partial charge in [-0.1, -0.05) is 58.0 Å². The van der Waals surface area contributed by atoms with Gasteiger partial charge in [0.2, 0.25) is 0 Å². The molecule has 2 rings (SSSR count). The maximum Gasteiger partial charge on any atom is 0.251 e. The first kappa shape index (κ1) is 18.3. The molecule has 2 aromatic rings. The molecular weight excluding hydrogens is 294 g/mol. The number of aryl methyl sites for hydroxylation is 2. The predicted octanol–water partition coefficient (Wildman–Crippen LogP) is 5.48. The quantitative estimate of drug-likeness (QED) is 0.793. The van der Waals surface area contributed by atoms with Crippen LogP contribution in [-0.4, -0.2) is 5.91 Å². The van der Waals surface area contributed by atoms with Crippen molar-refractivity contribution in [3.63, 3.8) is 0 Å². The summed E-state index contributed by atoms with van der Waals surface area (Å²) in [7, 11) is 0. The summed E-state index contributed by atoms with van der Waals surface area (Å²) in [6, 6.07) is 14.4. The lowest BCUT2D eigenvalue weighted by molar-refractivity contribution is 0.0935. The Morgan fingerprint density at radius 2 is 1.62 bits per heavy atom. The number of nitrogens with one attached hydrogen (secondary N) is 1. The monoisotopic (exact) mass is 323 g/mol. The van der Waals surface area contributed by atoms with Crippen molar-refractivity contribution < 1.29 is 4.79 Å². The van der Waals surface area contributed by atoms with Crippen LogP contribution in [0.15, 0.2) is 42.5 Å². The largest absolute Gasteiger partial charge is 0.345 e. The van der Waals surface area contributed by atoms with Gasteiger partial charge in [-0.25, -0.2) is 0 Å². The summed E-state index contributed by atoms with van der Waals surface area (Å²) >= 11 is 0. The zero-order valence-corrected chi connectivity index (χ0v) is 15.7. The summed E-state index contributed by atoms with van der Waals surface area (Å²) < 4.78 is 0. The van der Waals surface area contributed by atoms with Gasteiger partial charge in [0.15, 0.2) is 0 Å². The molecule has 0 spiro atoms. The molecule has 128 valence electrons. The van der Waals surface area contributed by atoms with Crippen LogP contribution in [0.5, 0.6) is 0 Å². The van der Waals surface area contributed by atoms with Crippen molar-refractivity contribution in [1.29, 1.82) is 0 Å². The number of amides is 1. The normalized spacial score (nSPS) is 12.8. The van der Waals surface area contributed by atoms with Crippen molar-refractivity contribution >= 4 is 5.91 Å². The highest BCUT2D eigenvalue weighted by atomic mass is 16.1. The second-order valence-corrected chi connectivity index (χ2v) is 7.61. The van der Waals surface area contributed by atoms with Gasteiger partial charge in [0.25, 0.3) is 5.91 Å². The number of hydrogen-bond donors (Lipinski definition) is 1. The van der Waals surface area contributed by atoms with E-state index >= 15 is 0 Å². The van der Waals surface area contributed by atoms with Crippen LogP contribution in [0.25, 0.3) is 0 Å². The summed E-state index contributed by atoms with van der Waals surface area (Å²) in [5.74, 6) is -0.0134. The molecule has 0 aliphatic heterocycles. The third-order valence-electron chi connectivity index (χ3n) is 4.66. The highest BCUT2D eigenvalue weighted by Crippen LogP contribution is 2.23. The molecule has 0 aliphatic rings. The molecule has 1 N–H and O–H groups in total. The van der Waals surface area contributed by atoms with Crippen molar-refractivity contribution in [2.45, 2.75) is 59.4 Å². The standard InChI is InChI=1S/C22H29NO/c1-7-20(18-9-8-15(2)16(3)14-18)23-21(24)17-10-12-19(13-11-17)22(4,5)6/h8-14,20H,7H2,1-6H3,(H,23,24)/t20-/m0/s1. The molecule has 1 atom stereocenters. The molecule has 0 aromatic heterocycles. The Morgan fingerprint density at radius 1 is 1.00 bits per heavy atom. The second kappa shape index (κ2) is 7.21. The van der Waals surface area contributed by atoms with Crippen LogP contribution >= 0.6 is 0 Å². The van der Waals surface area contributed by atoms with Crippen LogP contribution in [-0.2, 0) is 5.41 Å². The number of carbonyl (C=O) groups excluding carboxylic acids is 1. The van der Waals surface area contributed by atoms with Gasteiger partial charge in [0.05, 0.1) is 6.04 Å². The van der Waals surface area contributed by atoms with Gasteiger partial charge in [-0.2, -0.15) is 0 Å². The second-order valence-electron chi connectivity index (χ2n) is 7.61. The highest BCUT2D eigenvalue weighted by molar-refractivity contribution is 5.94. The molecular formula is C22H29NO. The molecule has 0 aliphatic carbocycles. The first-order chi connectivity index (χ1) is 11.2. The number of rotatable bonds is 4. The lowest BCUT2D eigenvalue weighted by Crippen LogP contribution is -2.28. The van der Waals surface area contributed by atoms with E-state index in [4.69, 9.17) is 0 Å². The summed E-state index contributed by atoms with van der Waals surface area (Å²) in [6.45, 7) is 12.8. The van der Waals surface area contributed by atoms with Crippen LogP contribution in [0.4, 0.5) is 0 Å². The third-order valence-corrected chi connectivity index (χ3v) is 4.66. The number of hydrogen-bond acceptors (Lipinski definition) is 1. The van der Waals surface area contributed by atoms with Gasteiger partial charge >= 0.3 is 0 Å². The Morgan fingerprint density at radius 3 is 2.12 bits per heavy atom. The van der Waals surface area contributed by atoms with Gasteiger partial charge in [-0.05, 0) is 60.1 Å². The Kier molecular flexibility index (Phi) is 5.48. The minimum atomic E-state index is -0.0134. The van der Waals surface area contributed by atoms with Crippen LogP contribution in [0.1, 0.15) is 72.8 Å². The Labute approximate surface area is 146 Å². The fraction of sp³-hybridized carbons (Fsp3) is 0.409. The van der Waals surface area contributed by atoms with Crippen LogP contribution in [0, 0.1) is 13.8 Å². The van der Waals surface area contributed by atoms with Crippen molar-refractivity contribution in [3.05, 3.63) is 70.3 Å². The molecule has 0 unspecified atom stereocenters. The number of benzene rings is 2. The van der Waals surface area contributed by atoms with Crippen LogP contribution < -0.4 is 5.32 Å². The molecule has 0 bridgehead atoms. The summed E-state index contributed by atoms with van der Waals surface area (Å²) in [5.41, 5.74) is 5.75.